The fraction of sp³-hybridized carbons (Fsp3) is 0.453. The zero-order chi connectivity index (χ0) is 61.9. The van der Waals surface area contributed by atoms with Crippen molar-refractivity contribution < 1.29 is 42.9 Å². The monoisotopic (exact) mass is 1220 g/mol. The van der Waals surface area contributed by atoms with Crippen molar-refractivity contribution in [3.8, 4) is 11.5 Å². The van der Waals surface area contributed by atoms with Gasteiger partial charge in [-0.25, -0.2) is 14.5 Å². The number of piperazine rings is 1. The highest BCUT2D eigenvalue weighted by atomic mass is 35.5. The van der Waals surface area contributed by atoms with Gasteiger partial charge < -0.3 is 53.9 Å². The Morgan fingerprint density at radius 2 is 1.47 bits per heavy atom. The summed E-state index contributed by atoms with van der Waals surface area (Å²) in [6, 6.07) is 20.5. The first-order valence-electron chi connectivity index (χ1n) is 29.3. The van der Waals surface area contributed by atoms with Crippen LogP contribution < -0.4 is 25.4 Å². The predicted molar refractivity (Wildman–Crippen MR) is 341 cm³/mol. The van der Waals surface area contributed by atoms with E-state index in [1.54, 1.807) is 81.7 Å². The molecule has 6 rings (SSSR count). The van der Waals surface area contributed by atoms with Gasteiger partial charge in [-0.05, 0) is 118 Å². The average Bonchev–Trinajstić information content (AvgIpc) is 4.27. The van der Waals surface area contributed by atoms with E-state index >= 15 is 0 Å². The lowest BCUT2D eigenvalue weighted by Gasteiger charge is -2.36. The average molecular weight is 1220 g/mol. The van der Waals surface area contributed by atoms with Crippen LogP contribution in [-0.2, 0) is 54.4 Å². The van der Waals surface area contributed by atoms with Gasteiger partial charge in [-0.15, -0.1) is 29.6 Å². The lowest BCUT2D eigenvalue weighted by Crippen LogP contribution is -2.48. The second-order valence-corrected chi connectivity index (χ2v) is 21.7. The normalized spacial score (nSPS) is 13.2. The molecule has 1 fully saturated rings. The van der Waals surface area contributed by atoms with Gasteiger partial charge in [0.2, 0.25) is 17.7 Å². The fourth-order valence-electron chi connectivity index (χ4n) is 8.90. The van der Waals surface area contributed by atoms with Gasteiger partial charge in [0.15, 0.2) is 5.13 Å². The molecule has 22 heteroatoms. The van der Waals surface area contributed by atoms with Crippen LogP contribution in [0.3, 0.4) is 0 Å². The van der Waals surface area contributed by atoms with Gasteiger partial charge >= 0.3 is 6.03 Å². The van der Waals surface area contributed by atoms with E-state index in [9.17, 15) is 19.2 Å². The first kappa shape index (κ1) is 69.5. The molecule has 0 bridgehead atoms. The first-order chi connectivity index (χ1) is 41.8. The topological polar surface area (TPSA) is 207 Å². The second kappa shape index (κ2) is 39.5. The molecular weight excluding hydrogens is 1130 g/mol. The second-order valence-electron chi connectivity index (χ2n) is 20.4. The van der Waals surface area contributed by atoms with Crippen LogP contribution in [0.25, 0.3) is 0 Å². The number of nitrogens with zero attached hydrogens (tertiary/aromatic N) is 8. The zero-order valence-corrected chi connectivity index (χ0v) is 52.2. The van der Waals surface area contributed by atoms with Gasteiger partial charge in [0.25, 0.3) is 0 Å². The molecule has 86 heavy (non-hydrogen) atoms. The quantitative estimate of drug-likeness (QED) is 0.0191. The van der Waals surface area contributed by atoms with Gasteiger partial charge in [0.05, 0.1) is 70.6 Å². The van der Waals surface area contributed by atoms with Crippen LogP contribution in [-0.4, -0.2) is 182 Å². The van der Waals surface area contributed by atoms with Gasteiger partial charge in [-0.2, -0.15) is 0 Å². The molecular formula is C64H88ClN11O9S. The van der Waals surface area contributed by atoms with Crippen molar-refractivity contribution in [3.05, 3.63) is 162 Å². The van der Waals surface area contributed by atoms with E-state index in [1.165, 1.54) is 11.3 Å². The number of ether oxygens (including phenoxy) is 5. The Morgan fingerprint density at radius 3 is 2.16 bits per heavy atom. The molecule has 20 nitrogen and oxygen atoms in total. The molecule has 0 spiro atoms. The van der Waals surface area contributed by atoms with Crippen molar-refractivity contribution in [2.24, 2.45) is 0 Å². The molecule has 5 amide bonds. The number of halogens is 1. The summed E-state index contributed by atoms with van der Waals surface area (Å²) in [4.78, 5) is 65.6. The number of amides is 5. The smallest absolute Gasteiger partial charge is 0.325 e. The number of hydrogen-bond donors (Lipinski definition) is 3. The number of hydrogen-bond acceptors (Lipinski definition) is 15. The number of unbranched alkanes of at least 4 members (excludes halogenated alkanes) is 1. The maximum Gasteiger partial charge on any atom is 0.325 e. The van der Waals surface area contributed by atoms with E-state index in [2.05, 4.69) is 74.4 Å². The summed E-state index contributed by atoms with van der Waals surface area (Å²) in [7, 11) is 4.14. The molecule has 5 aromatic rings. The van der Waals surface area contributed by atoms with Crippen molar-refractivity contribution >= 4 is 57.5 Å². The lowest BCUT2D eigenvalue weighted by atomic mass is 9.99. The number of carbonyl (C=O) groups excluding carboxylic acids is 4. The highest BCUT2D eigenvalue weighted by Crippen LogP contribution is 2.28. The number of likely N-dealkylation sites (N-methyl/N-ethyl adjacent to an activating group) is 2. The van der Waals surface area contributed by atoms with Crippen LogP contribution in [0.5, 0.6) is 11.5 Å². The summed E-state index contributed by atoms with van der Waals surface area (Å²) in [5.41, 5.74) is 4.57. The number of allylic oxidation sites excluding steroid dienone is 2. The van der Waals surface area contributed by atoms with Gasteiger partial charge in [0, 0.05) is 80.4 Å². The summed E-state index contributed by atoms with van der Waals surface area (Å²) < 4.78 is 30.9. The number of carbonyl (C=O) groups is 4. The number of rotatable bonds is 38. The molecule has 3 aromatic carbocycles. The van der Waals surface area contributed by atoms with Crippen molar-refractivity contribution in [1.82, 2.24) is 44.9 Å². The van der Waals surface area contributed by atoms with Crippen molar-refractivity contribution in [3.63, 3.8) is 0 Å². The highest BCUT2D eigenvalue weighted by Gasteiger charge is 2.34. The third-order valence-electron chi connectivity index (χ3n) is 14.0. The van der Waals surface area contributed by atoms with Crippen molar-refractivity contribution in [2.75, 3.05) is 123 Å². The Hall–Kier alpha value is -7.24. The third kappa shape index (κ3) is 25.4. The number of benzene rings is 3. The Balaban J connectivity index is 0.00000668. The van der Waals surface area contributed by atoms with Crippen LogP contribution in [0, 0.1) is 0 Å². The Kier molecular flexibility index (Phi) is 31.9. The van der Waals surface area contributed by atoms with E-state index in [1.807, 2.05) is 56.3 Å². The maximum atomic E-state index is 14.0. The maximum absolute atomic E-state index is 14.0. The molecule has 0 radical (unpaired) electrons. The first-order valence-corrected chi connectivity index (χ1v) is 30.6. The molecule has 0 saturated carbocycles. The Bertz CT molecular complexity index is 2840. The molecule has 1 saturated heterocycles. The van der Waals surface area contributed by atoms with Crippen molar-refractivity contribution in [2.45, 2.75) is 77.4 Å². The van der Waals surface area contributed by atoms with E-state index < -0.39 is 12.1 Å². The molecule has 2 unspecified atom stereocenters. The summed E-state index contributed by atoms with van der Waals surface area (Å²) in [5.74, 6) is 1.08. The predicted octanol–water partition coefficient (Wildman–Crippen LogP) is 9.33. The lowest BCUT2D eigenvalue weighted by molar-refractivity contribution is -0.143. The Morgan fingerprint density at radius 1 is 0.791 bits per heavy atom. The Labute approximate surface area is 517 Å². The fourth-order valence-corrected chi connectivity index (χ4v) is 9.73. The third-order valence-corrected chi connectivity index (χ3v) is 15.1. The summed E-state index contributed by atoms with van der Waals surface area (Å²) >= 11 is 7.49. The minimum Gasteiger partial charge on any atom is -0.494 e. The van der Waals surface area contributed by atoms with E-state index in [4.69, 9.17) is 35.3 Å². The van der Waals surface area contributed by atoms with E-state index in [0.717, 1.165) is 61.6 Å². The number of anilines is 2. The molecule has 466 valence electrons. The molecule has 3 N–H and O–H groups in total. The van der Waals surface area contributed by atoms with Gasteiger partial charge in [-0.3, -0.25) is 19.7 Å². The van der Waals surface area contributed by atoms with Gasteiger partial charge in [0.1, 0.15) is 24.1 Å². The minimum atomic E-state index is -0.838. The highest BCUT2D eigenvalue weighted by molar-refractivity contribution is 7.14. The number of aromatic nitrogens is 4. The van der Waals surface area contributed by atoms with Crippen LogP contribution >= 0.6 is 22.9 Å². The largest absolute Gasteiger partial charge is 0.494 e. The van der Waals surface area contributed by atoms with Gasteiger partial charge in [-0.1, -0.05) is 79.4 Å². The number of thiazole rings is 1. The molecule has 1 aliphatic rings. The SMILES string of the molecule is C=C.C=C/C=C(\C=C)CNC(=O)C(c1ccc(Cl)cc1)N(C(=O)CCc1ccc(OCCCCN(C)CCOCCOCCc2cn(CCOCCOc3ccc(NC(=O)Nc4nc(CC(=O)N5CCN(C)CC5)cs4)cc3)nn2)cc1)C(C)CC. The van der Waals surface area contributed by atoms with Crippen LogP contribution in [0.1, 0.15) is 68.1 Å². The molecule has 2 atom stereocenters. The molecule has 0 aliphatic carbocycles. The molecule has 2 aromatic heterocycles. The minimum absolute atomic E-state index is 0.0457. The van der Waals surface area contributed by atoms with Crippen LogP contribution in [0.15, 0.2) is 134 Å². The number of urea groups is 1. The summed E-state index contributed by atoms with van der Waals surface area (Å²) in [6.07, 6.45) is 11.2. The molecule has 1 aliphatic heterocycles. The van der Waals surface area contributed by atoms with E-state index in [0.29, 0.717) is 125 Å². The molecule has 3 heterocycles. The van der Waals surface area contributed by atoms with E-state index in [-0.39, 0.29) is 43.1 Å². The van der Waals surface area contributed by atoms with Crippen LogP contribution in [0.4, 0.5) is 15.6 Å². The summed E-state index contributed by atoms with van der Waals surface area (Å²) in [6.45, 7) is 27.2. The standard InChI is InChI=1S/C62H84ClN11O9S.C2H4/c1-7-12-48(9-3)44-64-60(77)59(50-16-18-51(63)19-17-50)74(47(4)8-2)57(75)26-15-49-13-22-55(23-14-49)82-35-11-10-28-70(5)33-37-80-40-39-79-36-27-53-45-73(69-68-53)34-38-81-41-42-83-56-24-20-52(21-25-56)65-61(78)67-62-66-54(46-84-62)43-58(76)72-31-29-71(6)30-32-72;1-2/h7,9,12-14,16-25,45-47,59H,1,3,8,10-11,15,26-44H2,2,4-6H3,(H,64,77)(H2,65,66,67,78);1-2H2/b48-12+;. The number of nitrogens with one attached hydrogen (secondary N) is 3. The number of aryl methyl sites for hydroxylation is 1. The summed E-state index contributed by atoms with van der Waals surface area (Å²) in [5, 5.41) is 19.8. The van der Waals surface area contributed by atoms with Crippen molar-refractivity contribution in [1.29, 1.82) is 0 Å². The van der Waals surface area contributed by atoms with Crippen LogP contribution in [0.2, 0.25) is 5.02 Å². The zero-order valence-electron chi connectivity index (χ0n) is 50.6.